The summed E-state index contributed by atoms with van der Waals surface area (Å²) in [5.74, 6) is 0.396. The molecule has 1 aromatic rings. The molecule has 5 nitrogen and oxygen atoms in total. The van der Waals surface area contributed by atoms with E-state index in [9.17, 15) is 4.39 Å². The molecule has 0 aromatic carbocycles. The molecule has 1 aromatic heterocycles. The highest BCUT2D eigenvalue weighted by molar-refractivity contribution is 5.77. The van der Waals surface area contributed by atoms with Gasteiger partial charge in [-0.3, -0.25) is 9.89 Å². The second-order valence-corrected chi connectivity index (χ2v) is 6.91. The summed E-state index contributed by atoms with van der Waals surface area (Å²) >= 11 is 0. The highest BCUT2D eigenvalue weighted by Gasteiger charge is 2.50. The molecule has 6 heteroatoms. The number of pyridine rings is 1. The molecule has 2 fully saturated rings. The number of halogens is 1. The van der Waals surface area contributed by atoms with Gasteiger partial charge in [-0.2, -0.15) is 0 Å². The van der Waals surface area contributed by atoms with Gasteiger partial charge in [-0.05, 0) is 18.2 Å². The average molecular weight is 315 g/mol. The molecule has 0 atom stereocenters. The lowest BCUT2D eigenvalue weighted by molar-refractivity contribution is -0.116. The van der Waals surface area contributed by atoms with Crippen LogP contribution in [0.4, 0.5) is 10.2 Å². The first-order valence-electron chi connectivity index (χ1n) is 8.19. The molecule has 4 rings (SSSR count). The van der Waals surface area contributed by atoms with Gasteiger partial charge >= 0.3 is 0 Å². The minimum Gasteiger partial charge on any atom is -0.310 e. The standard InChI is InChI=1S/C17H22FN5/c1-2-21-9-17(10-21)11-22(12-17)7-14-3-4-16(20-5-14)23-8-15(18)6-19-13-23/h3-6,8H,2,7,9-13H2,1H3. The predicted molar refractivity (Wildman–Crippen MR) is 89.1 cm³/mol. The van der Waals surface area contributed by atoms with Crippen LogP contribution in [0.1, 0.15) is 12.5 Å². The number of hydrogen-bond acceptors (Lipinski definition) is 5. The van der Waals surface area contributed by atoms with Crippen molar-refractivity contribution in [3.05, 3.63) is 35.9 Å². The number of nitrogens with zero attached hydrogens (tertiary/aromatic N) is 5. The first-order chi connectivity index (χ1) is 11.2. The SMILES string of the molecule is CCN1CC2(C1)CN(Cc1ccc(N3C=C(F)C=NC3)nc1)C2. The van der Waals surface area contributed by atoms with Crippen LogP contribution in [-0.2, 0) is 6.54 Å². The highest BCUT2D eigenvalue weighted by atomic mass is 19.1. The summed E-state index contributed by atoms with van der Waals surface area (Å²) < 4.78 is 13.2. The number of aliphatic imine (C=N–C) groups is 1. The topological polar surface area (TPSA) is 35.0 Å². The van der Waals surface area contributed by atoms with Crippen molar-refractivity contribution < 1.29 is 4.39 Å². The van der Waals surface area contributed by atoms with Crippen LogP contribution in [0.15, 0.2) is 35.3 Å². The van der Waals surface area contributed by atoms with E-state index in [2.05, 4.69) is 32.8 Å². The molecular formula is C17H22FN5. The van der Waals surface area contributed by atoms with Crippen LogP contribution < -0.4 is 4.90 Å². The maximum Gasteiger partial charge on any atom is 0.157 e. The van der Waals surface area contributed by atoms with Crippen molar-refractivity contribution in [2.75, 3.05) is 44.3 Å². The van der Waals surface area contributed by atoms with Gasteiger partial charge in [-0.1, -0.05) is 13.0 Å². The van der Waals surface area contributed by atoms with Crippen molar-refractivity contribution >= 4 is 12.0 Å². The van der Waals surface area contributed by atoms with E-state index < -0.39 is 0 Å². The lowest BCUT2D eigenvalue weighted by atomic mass is 9.73. The Bertz CT molecular complexity index is 625. The number of anilines is 1. The molecule has 0 saturated carbocycles. The molecule has 0 amide bonds. The zero-order valence-corrected chi connectivity index (χ0v) is 13.5. The Morgan fingerprint density at radius 1 is 1.17 bits per heavy atom. The monoisotopic (exact) mass is 315 g/mol. The smallest absolute Gasteiger partial charge is 0.157 e. The van der Waals surface area contributed by atoms with Gasteiger partial charge < -0.3 is 9.80 Å². The summed E-state index contributed by atoms with van der Waals surface area (Å²) in [5.41, 5.74) is 1.78. The highest BCUT2D eigenvalue weighted by Crippen LogP contribution is 2.39. The summed E-state index contributed by atoms with van der Waals surface area (Å²) in [6, 6.07) is 4.02. The molecule has 3 aliphatic heterocycles. The van der Waals surface area contributed by atoms with Crippen molar-refractivity contribution in [3.8, 4) is 0 Å². The molecule has 0 aliphatic carbocycles. The molecule has 23 heavy (non-hydrogen) atoms. The predicted octanol–water partition coefficient (Wildman–Crippen LogP) is 1.88. The number of allylic oxidation sites excluding steroid dienone is 1. The average Bonchev–Trinajstić information content (AvgIpc) is 2.49. The maximum absolute atomic E-state index is 13.2. The third-order valence-electron chi connectivity index (χ3n) is 4.92. The molecule has 4 heterocycles. The Kier molecular flexibility index (Phi) is 3.66. The summed E-state index contributed by atoms with van der Waals surface area (Å²) in [7, 11) is 0. The van der Waals surface area contributed by atoms with Crippen molar-refractivity contribution in [3.63, 3.8) is 0 Å². The van der Waals surface area contributed by atoms with E-state index in [-0.39, 0.29) is 5.83 Å². The maximum atomic E-state index is 13.2. The number of aromatic nitrogens is 1. The normalized spacial score (nSPS) is 23.6. The first kappa shape index (κ1) is 14.8. The Labute approximate surface area is 136 Å². The van der Waals surface area contributed by atoms with Crippen molar-refractivity contribution in [1.82, 2.24) is 14.8 Å². The van der Waals surface area contributed by atoms with Gasteiger partial charge in [0, 0.05) is 50.5 Å². The molecule has 3 aliphatic rings. The van der Waals surface area contributed by atoms with E-state index in [1.54, 1.807) is 4.90 Å². The summed E-state index contributed by atoms with van der Waals surface area (Å²) in [4.78, 5) is 15.1. The minimum absolute atomic E-state index is 0.338. The fourth-order valence-electron chi connectivity index (χ4n) is 3.86. The summed E-state index contributed by atoms with van der Waals surface area (Å²) in [6.07, 6.45) is 4.57. The van der Waals surface area contributed by atoms with Gasteiger partial charge in [0.2, 0.25) is 0 Å². The molecule has 122 valence electrons. The lowest BCUT2D eigenvalue weighted by Crippen LogP contribution is -2.71. The van der Waals surface area contributed by atoms with E-state index >= 15 is 0 Å². The second kappa shape index (κ2) is 5.69. The number of likely N-dealkylation sites (tertiary alicyclic amines) is 2. The lowest BCUT2D eigenvalue weighted by Gasteiger charge is -2.60. The first-order valence-corrected chi connectivity index (χ1v) is 8.19. The van der Waals surface area contributed by atoms with Gasteiger partial charge in [-0.15, -0.1) is 0 Å². The van der Waals surface area contributed by atoms with Crippen molar-refractivity contribution in [2.45, 2.75) is 13.5 Å². The number of rotatable bonds is 4. The van der Waals surface area contributed by atoms with E-state index in [4.69, 9.17) is 0 Å². The van der Waals surface area contributed by atoms with Gasteiger partial charge in [0.25, 0.3) is 0 Å². The van der Waals surface area contributed by atoms with Gasteiger partial charge in [-0.25, -0.2) is 9.37 Å². The van der Waals surface area contributed by atoms with E-state index in [0.717, 1.165) is 12.4 Å². The molecule has 0 radical (unpaired) electrons. The van der Waals surface area contributed by atoms with E-state index in [0.29, 0.717) is 12.1 Å². The third-order valence-corrected chi connectivity index (χ3v) is 4.92. The Hall–Kier alpha value is -1.79. The quantitative estimate of drug-likeness (QED) is 0.850. The van der Waals surface area contributed by atoms with Gasteiger partial charge in [0.05, 0.1) is 6.21 Å². The largest absolute Gasteiger partial charge is 0.310 e. The molecule has 2 saturated heterocycles. The molecule has 0 bridgehead atoms. The zero-order valence-electron chi connectivity index (χ0n) is 13.5. The zero-order chi connectivity index (χ0) is 15.9. The molecule has 0 N–H and O–H groups in total. The van der Waals surface area contributed by atoms with Crippen LogP contribution in [0, 0.1) is 5.41 Å². The van der Waals surface area contributed by atoms with Crippen molar-refractivity contribution in [2.24, 2.45) is 10.4 Å². The summed E-state index contributed by atoms with van der Waals surface area (Å²) in [6.45, 7) is 9.66. The Morgan fingerprint density at radius 2 is 1.96 bits per heavy atom. The van der Waals surface area contributed by atoms with Crippen LogP contribution >= 0.6 is 0 Å². The van der Waals surface area contributed by atoms with Gasteiger partial charge in [0.1, 0.15) is 12.5 Å². The third kappa shape index (κ3) is 2.88. The Morgan fingerprint density at radius 3 is 2.61 bits per heavy atom. The molecular weight excluding hydrogens is 293 g/mol. The fourth-order valence-corrected chi connectivity index (χ4v) is 3.86. The fraction of sp³-hybridized carbons (Fsp3) is 0.529. The second-order valence-electron chi connectivity index (χ2n) is 6.91. The van der Waals surface area contributed by atoms with Crippen LogP contribution in [0.5, 0.6) is 0 Å². The Balaban J connectivity index is 1.31. The van der Waals surface area contributed by atoms with E-state index in [1.807, 2.05) is 12.3 Å². The van der Waals surface area contributed by atoms with Crippen LogP contribution in [0.3, 0.4) is 0 Å². The van der Waals surface area contributed by atoms with E-state index in [1.165, 1.54) is 50.7 Å². The number of hydrogen-bond donors (Lipinski definition) is 0. The van der Waals surface area contributed by atoms with Crippen LogP contribution in [0.2, 0.25) is 0 Å². The van der Waals surface area contributed by atoms with Crippen LogP contribution in [0.25, 0.3) is 0 Å². The molecule has 1 spiro atoms. The van der Waals surface area contributed by atoms with Gasteiger partial charge in [0.15, 0.2) is 5.83 Å². The summed E-state index contributed by atoms with van der Waals surface area (Å²) in [5, 5.41) is 0. The van der Waals surface area contributed by atoms with Crippen LogP contribution in [-0.4, -0.2) is 60.4 Å². The molecule has 0 unspecified atom stereocenters. The van der Waals surface area contributed by atoms with Crippen molar-refractivity contribution in [1.29, 1.82) is 0 Å². The minimum atomic E-state index is -0.338.